The van der Waals surface area contributed by atoms with Gasteiger partial charge >= 0.3 is 0 Å². The van der Waals surface area contributed by atoms with Crippen LogP contribution in [0, 0.1) is 5.92 Å². The third-order valence-corrected chi connectivity index (χ3v) is 4.68. The zero-order valence-electron chi connectivity index (χ0n) is 10.0. The molecule has 1 aromatic heterocycles. The van der Waals surface area contributed by atoms with Gasteiger partial charge in [-0.2, -0.15) is 0 Å². The highest BCUT2D eigenvalue weighted by Gasteiger charge is 2.35. The molecule has 1 heterocycles. The molecule has 17 heavy (non-hydrogen) atoms. The molecule has 0 aromatic carbocycles. The van der Waals surface area contributed by atoms with Gasteiger partial charge in [-0.1, -0.05) is 22.9 Å². The lowest BCUT2D eigenvalue weighted by Crippen LogP contribution is -2.51. The Morgan fingerprint density at radius 2 is 2.29 bits per heavy atom. The predicted octanol–water partition coefficient (Wildman–Crippen LogP) is 3.35. The Hall–Kier alpha value is -0.770. The molecule has 1 aliphatic rings. The summed E-state index contributed by atoms with van der Waals surface area (Å²) in [4.78, 5) is 12.0. The second-order valence-corrected chi connectivity index (χ2v) is 5.59. The van der Waals surface area contributed by atoms with Crippen LogP contribution in [-0.2, 0) is 0 Å². The van der Waals surface area contributed by atoms with E-state index in [1.54, 1.807) is 12.1 Å². The van der Waals surface area contributed by atoms with E-state index < -0.39 is 0 Å². The predicted molar refractivity (Wildman–Crippen MR) is 70.3 cm³/mol. The molecule has 0 radical (unpaired) electrons. The molecule has 1 N–H and O–H groups in total. The van der Waals surface area contributed by atoms with Gasteiger partial charge in [0.2, 0.25) is 0 Å². The summed E-state index contributed by atoms with van der Waals surface area (Å²) < 4.78 is 5.12. The summed E-state index contributed by atoms with van der Waals surface area (Å²) in [6, 6.07) is 3.43. The van der Waals surface area contributed by atoms with Gasteiger partial charge in [-0.25, -0.2) is 0 Å². The second-order valence-electron chi connectivity index (χ2n) is 5.03. The van der Waals surface area contributed by atoms with Gasteiger partial charge < -0.3 is 9.73 Å². The summed E-state index contributed by atoms with van der Waals surface area (Å²) >= 11 is 3.53. The van der Waals surface area contributed by atoms with E-state index in [9.17, 15) is 4.79 Å². The molecule has 1 aromatic rings. The highest BCUT2D eigenvalue weighted by Crippen LogP contribution is 2.33. The van der Waals surface area contributed by atoms with E-state index in [1.807, 2.05) is 0 Å². The number of carbonyl (C=O) groups excluding carboxylic acids is 1. The standard InChI is InChI=1S/C13H18BrNO2/c1-10-4-6-13(9-14,7-5-10)15-12(16)11-3-2-8-17-11/h2-3,8,10H,4-7,9H2,1H3,(H,15,16). The Balaban J connectivity index is 2.02. The van der Waals surface area contributed by atoms with E-state index in [1.165, 1.54) is 19.1 Å². The van der Waals surface area contributed by atoms with Crippen LogP contribution in [0.2, 0.25) is 0 Å². The number of alkyl halides is 1. The largest absolute Gasteiger partial charge is 0.459 e. The molecule has 0 unspecified atom stereocenters. The first-order chi connectivity index (χ1) is 8.15. The Labute approximate surface area is 110 Å². The van der Waals surface area contributed by atoms with E-state index in [4.69, 9.17) is 4.42 Å². The maximum atomic E-state index is 12.0. The fourth-order valence-corrected chi connectivity index (χ4v) is 3.02. The van der Waals surface area contributed by atoms with Gasteiger partial charge in [0.05, 0.1) is 11.8 Å². The van der Waals surface area contributed by atoms with Gasteiger partial charge in [0, 0.05) is 5.33 Å². The van der Waals surface area contributed by atoms with Gasteiger partial charge in [-0.05, 0) is 43.7 Å². The molecule has 3 nitrogen and oxygen atoms in total. The van der Waals surface area contributed by atoms with Crippen molar-refractivity contribution in [2.45, 2.75) is 38.1 Å². The molecular weight excluding hydrogens is 282 g/mol. The van der Waals surface area contributed by atoms with Crippen LogP contribution in [0.25, 0.3) is 0 Å². The van der Waals surface area contributed by atoms with Gasteiger partial charge in [-0.3, -0.25) is 4.79 Å². The lowest BCUT2D eigenvalue weighted by atomic mass is 9.78. The van der Waals surface area contributed by atoms with Crippen LogP contribution in [0.15, 0.2) is 22.8 Å². The Morgan fingerprint density at radius 1 is 1.59 bits per heavy atom. The summed E-state index contributed by atoms with van der Waals surface area (Å²) in [6.07, 6.45) is 5.93. The van der Waals surface area contributed by atoms with E-state index >= 15 is 0 Å². The topological polar surface area (TPSA) is 42.2 Å². The van der Waals surface area contributed by atoms with Crippen molar-refractivity contribution in [2.75, 3.05) is 5.33 Å². The highest BCUT2D eigenvalue weighted by atomic mass is 79.9. The highest BCUT2D eigenvalue weighted by molar-refractivity contribution is 9.09. The van der Waals surface area contributed by atoms with Crippen LogP contribution >= 0.6 is 15.9 Å². The van der Waals surface area contributed by atoms with Crippen LogP contribution < -0.4 is 5.32 Å². The maximum absolute atomic E-state index is 12.0. The zero-order valence-corrected chi connectivity index (χ0v) is 11.6. The van der Waals surface area contributed by atoms with Crippen molar-refractivity contribution in [3.63, 3.8) is 0 Å². The number of halogens is 1. The van der Waals surface area contributed by atoms with E-state index in [0.29, 0.717) is 5.76 Å². The minimum atomic E-state index is -0.107. The number of carbonyl (C=O) groups is 1. The molecule has 0 spiro atoms. The van der Waals surface area contributed by atoms with Gasteiger partial charge in [0.25, 0.3) is 5.91 Å². The molecule has 1 fully saturated rings. The summed E-state index contributed by atoms with van der Waals surface area (Å²) in [5.41, 5.74) is -0.101. The molecule has 4 heteroatoms. The van der Waals surface area contributed by atoms with Gasteiger partial charge in [0.1, 0.15) is 0 Å². The summed E-state index contributed by atoms with van der Waals surface area (Å²) in [5.74, 6) is 1.05. The van der Waals surface area contributed by atoms with E-state index in [2.05, 4.69) is 28.2 Å². The number of amides is 1. The zero-order chi connectivity index (χ0) is 12.3. The summed E-state index contributed by atoms with van der Waals surface area (Å²) in [5, 5.41) is 3.93. The molecule has 0 atom stereocenters. The van der Waals surface area contributed by atoms with E-state index in [-0.39, 0.29) is 11.4 Å². The van der Waals surface area contributed by atoms with Gasteiger partial charge in [-0.15, -0.1) is 0 Å². The Kier molecular flexibility index (Phi) is 3.92. The lowest BCUT2D eigenvalue weighted by Gasteiger charge is -2.38. The lowest BCUT2D eigenvalue weighted by molar-refractivity contribution is 0.0846. The van der Waals surface area contributed by atoms with Crippen LogP contribution in [0.4, 0.5) is 0 Å². The third-order valence-electron chi connectivity index (χ3n) is 3.61. The maximum Gasteiger partial charge on any atom is 0.287 e. The quantitative estimate of drug-likeness (QED) is 0.870. The average molecular weight is 300 g/mol. The number of rotatable bonds is 3. The Morgan fingerprint density at radius 3 is 2.82 bits per heavy atom. The molecule has 1 aliphatic carbocycles. The van der Waals surface area contributed by atoms with Crippen LogP contribution in [-0.4, -0.2) is 16.8 Å². The first kappa shape index (κ1) is 12.7. The molecular formula is C13H18BrNO2. The summed E-state index contributed by atoms with van der Waals surface area (Å²) in [6.45, 7) is 2.27. The minimum Gasteiger partial charge on any atom is -0.459 e. The SMILES string of the molecule is CC1CCC(CBr)(NC(=O)c2ccco2)CC1. The molecule has 1 saturated carbocycles. The smallest absolute Gasteiger partial charge is 0.287 e. The van der Waals surface area contributed by atoms with Crippen molar-refractivity contribution < 1.29 is 9.21 Å². The molecule has 0 aliphatic heterocycles. The van der Waals surface area contributed by atoms with Crippen molar-refractivity contribution >= 4 is 21.8 Å². The molecule has 94 valence electrons. The molecule has 0 saturated heterocycles. The van der Waals surface area contributed by atoms with Crippen molar-refractivity contribution in [1.82, 2.24) is 5.32 Å². The van der Waals surface area contributed by atoms with Crippen molar-refractivity contribution in [1.29, 1.82) is 0 Å². The normalized spacial score (nSPS) is 28.9. The number of nitrogens with one attached hydrogen (secondary N) is 1. The van der Waals surface area contributed by atoms with Crippen LogP contribution in [0.1, 0.15) is 43.2 Å². The number of hydrogen-bond acceptors (Lipinski definition) is 2. The number of hydrogen-bond donors (Lipinski definition) is 1. The van der Waals surface area contributed by atoms with Gasteiger partial charge in [0.15, 0.2) is 5.76 Å². The Bertz CT molecular complexity index is 367. The first-order valence-electron chi connectivity index (χ1n) is 6.07. The second kappa shape index (κ2) is 5.25. The van der Waals surface area contributed by atoms with Crippen molar-refractivity contribution in [3.05, 3.63) is 24.2 Å². The first-order valence-corrected chi connectivity index (χ1v) is 7.19. The van der Waals surface area contributed by atoms with Crippen LogP contribution in [0.3, 0.4) is 0 Å². The third kappa shape index (κ3) is 2.92. The van der Waals surface area contributed by atoms with Crippen molar-refractivity contribution in [3.8, 4) is 0 Å². The monoisotopic (exact) mass is 299 g/mol. The van der Waals surface area contributed by atoms with Crippen LogP contribution in [0.5, 0.6) is 0 Å². The molecule has 1 amide bonds. The average Bonchev–Trinajstić information content (AvgIpc) is 2.86. The fraction of sp³-hybridized carbons (Fsp3) is 0.615. The summed E-state index contributed by atoms with van der Waals surface area (Å²) in [7, 11) is 0. The number of furan rings is 1. The van der Waals surface area contributed by atoms with Crippen molar-refractivity contribution in [2.24, 2.45) is 5.92 Å². The minimum absolute atomic E-state index is 0.101. The van der Waals surface area contributed by atoms with E-state index in [0.717, 1.165) is 24.1 Å². The molecule has 0 bridgehead atoms. The fourth-order valence-electron chi connectivity index (χ4n) is 2.32. The molecule has 2 rings (SSSR count).